The largest absolute Gasteiger partial charge is 0.481 e. The molecule has 0 aliphatic rings. The standard InChI is InChI=1S/C23H40N2O10/c1-14(15(26)27)13-22(8,16(28)29)35-19(33)25-23(17(30)31,20(2,3)4)11-9-10-12-24-18(32)34-21(5,6)7/h14H,9-13H2,1-8H3,(H,24,32)(H,25,33)(H,26,27)(H,28,29)(H,30,31)/t14?,22-,23+/m0/s1. The van der Waals surface area contributed by atoms with Crippen LogP contribution in [-0.2, 0) is 23.9 Å². The minimum atomic E-state index is -2.19. The molecule has 0 aromatic rings. The summed E-state index contributed by atoms with van der Waals surface area (Å²) in [5.41, 5.74) is -5.72. The highest BCUT2D eigenvalue weighted by Crippen LogP contribution is 2.36. The van der Waals surface area contributed by atoms with Crippen molar-refractivity contribution < 1.29 is 48.8 Å². The van der Waals surface area contributed by atoms with Gasteiger partial charge in [-0.3, -0.25) is 4.79 Å². The van der Waals surface area contributed by atoms with Crippen molar-refractivity contribution in [1.82, 2.24) is 10.6 Å². The monoisotopic (exact) mass is 504 g/mol. The number of hydrogen-bond acceptors (Lipinski definition) is 7. The number of aliphatic carboxylic acids is 3. The quantitative estimate of drug-likeness (QED) is 0.247. The van der Waals surface area contributed by atoms with Crippen LogP contribution in [0, 0.1) is 11.3 Å². The van der Waals surface area contributed by atoms with Crippen molar-refractivity contribution in [2.75, 3.05) is 6.54 Å². The molecule has 0 spiro atoms. The Balaban J connectivity index is 5.46. The summed E-state index contributed by atoms with van der Waals surface area (Å²) in [7, 11) is 0. The number of unbranched alkanes of at least 4 members (excludes halogenated alkanes) is 1. The Morgan fingerprint density at radius 2 is 1.34 bits per heavy atom. The van der Waals surface area contributed by atoms with E-state index in [0.717, 1.165) is 6.92 Å². The molecule has 1 unspecified atom stereocenters. The Bertz CT molecular complexity index is 799. The second-order valence-corrected chi connectivity index (χ2v) is 10.8. The molecule has 0 aromatic carbocycles. The van der Waals surface area contributed by atoms with Gasteiger partial charge in [-0.1, -0.05) is 27.7 Å². The lowest BCUT2D eigenvalue weighted by molar-refractivity contribution is -0.161. The van der Waals surface area contributed by atoms with Crippen molar-refractivity contribution in [3.63, 3.8) is 0 Å². The van der Waals surface area contributed by atoms with Crippen LogP contribution >= 0.6 is 0 Å². The topological polar surface area (TPSA) is 189 Å². The van der Waals surface area contributed by atoms with Gasteiger partial charge in [0, 0.05) is 13.0 Å². The van der Waals surface area contributed by atoms with Crippen LogP contribution in [0.2, 0.25) is 0 Å². The van der Waals surface area contributed by atoms with E-state index in [1.54, 1.807) is 41.5 Å². The highest BCUT2D eigenvalue weighted by Gasteiger charge is 2.51. The van der Waals surface area contributed by atoms with Crippen LogP contribution in [0.1, 0.15) is 81.1 Å². The third-order valence-electron chi connectivity index (χ3n) is 5.50. The molecule has 5 N–H and O–H groups in total. The van der Waals surface area contributed by atoms with Gasteiger partial charge in [0.2, 0.25) is 5.60 Å². The smallest absolute Gasteiger partial charge is 0.409 e. The Labute approximate surface area is 205 Å². The molecule has 0 aliphatic heterocycles. The lowest BCUT2D eigenvalue weighted by Crippen LogP contribution is -2.63. The molecule has 0 fully saturated rings. The van der Waals surface area contributed by atoms with Crippen molar-refractivity contribution in [3.8, 4) is 0 Å². The maximum absolute atomic E-state index is 12.7. The van der Waals surface area contributed by atoms with Crippen molar-refractivity contribution in [2.45, 2.75) is 97.8 Å². The first-order valence-electron chi connectivity index (χ1n) is 11.3. The molecule has 0 aromatic heterocycles. The van der Waals surface area contributed by atoms with E-state index in [9.17, 15) is 34.2 Å². The van der Waals surface area contributed by atoms with Gasteiger partial charge in [-0.2, -0.15) is 0 Å². The third-order valence-corrected chi connectivity index (χ3v) is 5.50. The van der Waals surface area contributed by atoms with Crippen LogP contribution in [0.4, 0.5) is 9.59 Å². The molecule has 0 rings (SSSR count). The first kappa shape index (κ1) is 31.9. The Morgan fingerprint density at radius 3 is 1.74 bits per heavy atom. The zero-order chi connectivity index (χ0) is 27.8. The van der Waals surface area contributed by atoms with Gasteiger partial charge in [-0.15, -0.1) is 0 Å². The Kier molecular flexibility index (Phi) is 11.0. The Morgan fingerprint density at radius 1 is 0.800 bits per heavy atom. The third kappa shape index (κ3) is 9.99. The van der Waals surface area contributed by atoms with E-state index >= 15 is 0 Å². The van der Waals surface area contributed by atoms with Gasteiger partial charge < -0.3 is 35.4 Å². The second-order valence-electron chi connectivity index (χ2n) is 10.8. The van der Waals surface area contributed by atoms with Crippen LogP contribution in [0.5, 0.6) is 0 Å². The maximum atomic E-state index is 12.7. The second kappa shape index (κ2) is 12.1. The summed E-state index contributed by atoms with van der Waals surface area (Å²) in [5, 5.41) is 33.6. The summed E-state index contributed by atoms with van der Waals surface area (Å²) < 4.78 is 10.2. The maximum Gasteiger partial charge on any atom is 0.409 e. The minimum Gasteiger partial charge on any atom is -0.481 e. The van der Waals surface area contributed by atoms with Crippen LogP contribution in [0.25, 0.3) is 0 Å². The molecule has 0 aliphatic carbocycles. The summed E-state index contributed by atoms with van der Waals surface area (Å²) in [6, 6.07) is 0. The lowest BCUT2D eigenvalue weighted by Gasteiger charge is -2.42. The summed E-state index contributed by atoms with van der Waals surface area (Å²) in [5.74, 6) is -5.31. The number of carbonyl (C=O) groups excluding carboxylic acids is 2. The van der Waals surface area contributed by atoms with Crippen molar-refractivity contribution in [2.24, 2.45) is 11.3 Å². The van der Waals surface area contributed by atoms with Crippen molar-refractivity contribution in [3.05, 3.63) is 0 Å². The van der Waals surface area contributed by atoms with E-state index in [4.69, 9.17) is 14.6 Å². The zero-order valence-corrected chi connectivity index (χ0v) is 21.8. The van der Waals surface area contributed by atoms with Gasteiger partial charge in [-0.05, 0) is 52.4 Å². The average molecular weight is 505 g/mol. The van der Waals surface area contributed by atoms with Crippen LogP contribution in [0.3, 0.4) is 0 Å². The van der Waals surface area contributed by atoms with Gasteiger partial charge >= 0.3 is 30.1 Å². The number of carboxylic acid groups (broad SMARTS) is 3. The van der Waals surface area contributed by atoms with E-state index < -0.39 is 64.6 Å². The highest BCUT2D eigenvalue weighted by molar-refractivity contribution is 5.87. The SMILES string of the molecule is CC(C[C@](C)(OC(=O)N[C@](CCCCNC(=O)OC(C)(C)C)(C(=O)O)C(C)(C)C)C(=O)O)C(=O)O. The molecule has 0 radical (unpaired) electrons. The van der Waals surface area contributed by atoms with E-state index in [-0.39, 0.29) is 19.4 Å². The number of nitrogens with one attached hydrogen (secondary N) is 2. The number of carbonyl (C=O) groups is 5. The molecule has 35 heavy (non-hydrogen) atoms. The Hall–Kier alpha value is -3.05. The molecule has 0 bridgehead atoms. The van der Waals surface area contributed by atoms with Gasteiger partial charge in [-0.25, -0.2) is 19.2 Å². The molecule has 202 valence electrons. The summed E-state index contributed by atoms with van der Waals surface area (Å²) in [4.78, 5) is 59.7. The first-order valence-corrected chi connectivity index (χ1v) is 11.3. The zero-order valence-electron chi connectivity index (χ0n) is 21.8. The van der Waals surface area contributed by atoms with Crippen LogP contribution in [0.15, 0.2) is 0 Å². The first-order chi connectivity index (χ1) is 15.7. The van der Waals surface area contributed by atoms with E-state index in [0.29, 0.717) is 6.42 Å². The fourth-order valence-electron chi connectivity index (χ4n) is 3.37. The molecular weight excluding hydrogens is 464 g/mol. The van der Waals surface area contributed by atoms with Gasteiger partial charge in [0.15, 0.2) is 0 Å². The van der Waals surface area contributed by atoms with Gasteiger partial charge in [0.25, 0.3) is 0 Å². The molecule has 12 nitrogen and oxygen atoms in total. The number of carboxylic acids is 3. The summed E-state index contributed by atoms with van der Waals surface area (Å²) >= 11 is 0. The average Bonchev–Trinajstić information content (AvgIpc) is 2.63. The fourth-order valence-corrected chi connectivity index (χ4v) is 3.37. The molecule has 12 heteroatoms. The highest BCUT2D eigenvalue weighted by atomic mass is 16.6. The molecule has 0 saturated carbocycles. The fraction of sp³-hybridized carbons (Fsp3) is 0.783. The number of amides is 2. The predicted octanol–water partition coefficient (Wildman–Crippen LogP) is 3.23. The number of hydrogen-bond donors (Lipinski definition) is 5. The molecule has 2 amide bonds. The number of ether oxygens (including phenoxy) is 2. The van der Waals surface area contributed by atoms with Crippen molar-refractivity contribution in [1.29, 1.82) is 0 Å². The minimum absolute atomic E-state index is 0.0494. The lowest BCUT2D eigenvalue weighted by atomic mass is 9.70. The van der Waals surface area contributed by atoms with Crippen LogP contribution in [-0.4, -0.2) is 68.7 Å². The molecule has 0 saturated heterocycles. The van der Waals surface area contributed by atoms with E-state index in [2.05, 4.69) is 10.6 Å². The predicted molar refractivity (Wildman–Crippen MR) is 125 cm³/mol. The van der Waals surface area contributed by atoms with E-state index in [1.165, 1.54) is 6.92 Å². The van der Waals surface area contributed by atoms with E-state index in [1.807, 2.05) is 0 Å². The van der Waals surface area contributed by atoms with Gasteiger partial charge in [0.1, 0.15) is 11.1 Å². The molecule has 0 heterocycles. The normalized spacial score (nSPS) is 16.1. The molecular formula is C23H40N2O10. The number of rotatable bonds is 12. The van der Waals surface area contributed by atoms with Crippen molar-refractivity contribution >= 4 is 30.1 Å². The summed E-state index contributed by atoms with van der Waals surface area (Å²) in [6.45, 7) is 12.5. The van der Waals surface area contributed by atoms with Crippen LogP contribution < -0.4 is 10.6 Å². The summed E-state index contributed by atoms with van der Waals surface area (Å²) in [6.07, 6.45) is -1.81. The number of alkyl carbamates (subject to hydrolysis) is 2. The molecule has 3 atom stereocenters. The van der Waals surface area contributed by atoms with Gasteiger partial charge in [0.05, 0.1) is 5.92 Å².